The maximum Gasteiger partial charge on any atom is 0.254 e. The molecule has 0 aliphatic carbocycles. The molecule has 2 aromatic carbocycles. The lowest BCUT2D eigenvalue weighted by molar-refractivity contribution is 0.0954. The molecular weight excluding hydrogens is 439 g/mol. The van der Waals surface area contributed by atoms with E-state index in [4.69, 9.17) is 32.7 Å². The molecule has 9 heteroatoms. The number of ether oxygens (including phenoxy) is 2. The highest BCUT2D eigenvalue weighted by Crippen LogP contribution is 2.34. The van der Waals surface area contributed by atoms with Gasteiger partial charge in [0.25, 0.3) is 5.91 Å². The van der Waals surface area contributed by atoms with Gasteiger partial charge in [0.2, 0.25) is 5.95 Å². The van der Waals surface area contributed by atoms with Crippen LogP contribution in [0.15, 0.2) is 48.7 Å². The molecule has 160 valence electrons. The first-order valence-electron chi connectivity index (χ1n) is 9.81. The molecular formula is C22H20Cl2N4O3. The van der Waals surface area contributed by atoms with Crippen LogP contribution in [-0.4, -0.2) is 42.2 Å². The van der Waals surface area contributed by atoms with Crippen molar-refractivity contribution >= 4 is 35.1 Å². The number of anilines is 1. The molecule has 3 aromatic rings. The Hall–Kier alpha value is -3.03. The highest BCUT2D eigenvalue weighted by atomic mass is 35.5. The van der Waals surface area contributed by atoms with Crippen LogP contribution in [0.2, 0.25) is 10.0 Å². The number of amides is 1. The Morgan fingerprint density at radius 3 is 2.58 bits per heavy atom. The third kappa shape index (κ3) is 5.18. The molecule has 1 aliphatic rings. The highest BCUT2D eigenvalue weighted by Gasteiger charge is 2.14. The van der Waals surface area contributed by atoms with Crippen molar-refractivity contribution in [3.63, 3.8) is 0 Å². The van der Waals surface area contributed by atoms with Gasteiger partial charge in [0.1, 0.15) is 13.2 Å². The molecule has 0 bridgehead atoms. The summed E-state index contributed by atoms with van der Waals surface area (Å²) in [6, 6.07) is 12.5. The fourth-order valence-corrected chi connectivity index (χ4v) is 3.67. The average molecular weight is 459 g/mol. The molecule has 0 spiro atoms. The summed E-state index contributed by atoms with van der Waals surface area (Å²) in [5.41, 5.74) is 1.98. The smallest absolute Gasteiger partial charge is 0.254 e. The number of nitrogens with zero attached hydrogens (tertiary/aromatic N) is 2. The fraction of sp³-hybridized carbons (Fsp3) is 0.227. The summed E-state index contributed by atoms with van der Waals surface area (Å²) < 4.78 is 11.2. The lowest BCUT2D eigenvalue weighted by atomic mass is 10.1. The molecule has 0 saturated carbocycles. The zero-order valence-electron chi connectivity index (χ0n) is 16.5. The number of nitrogens with one attached hydrogen (secondary N) is 2. The topological polar surface area (TPSA) is 85.4 Å². The number of hydrogen-bond donors (Lipinski definition) is 2. The third-order valence-electron chi connectivity index (χ3n) is 4.61. The van der Waals surface area contributed by atoms with Gasteiger partial charge in [0.05, 0.1) is 21.3 Å². The van der Waals surface area contributed by atoms with Gasteiger partial charge in [0.15, 0.2) is 11.5 Å². The second-order valence-corrected chi connectivity index (χ2v) is 7.57. The minimum Gasteiger partial charge on any atom is -0.486 e. The van der Waals surface area contributed by atoms with E-state index >= 15 is 0 Å². The van der Waals surface area contributed by atoms with Crippen molar-refractivity contribution < 1.29 is 14.3 Å². The molecule has 7 nitrogen and oxygen atoms in total. The fourth-order valence-electron chi connectivity index (χ4n) is 3.10. The summed E-state index contributed by atoms with van der Waals surface area (Å²) in [6.45, 7) is 2.13. The second-order valence-electron chi connectivity index (χ2n) is 6.76. The summed E-state index contributed by atoms with van der Waals surface area (Å²) in [7, 11) is 0. The molecule has 1 amide bonds. The standard InChI is InChI=1S/C22H20Cl2N4O3/c23-15-3-1-4-16(24)20(15)21(29)25-8-2-9-26-22-27-10-7-17(28-22)14-5-6-18-19(13-14)31-12-11-30-18/h1,3-7,10,13H,2,8-9,11-12H2,(H,25,29)(H,26,27,28). The summed E-state index contributed by atoms with van der Waals surface area (Å²) >= 11 is 12.1. The van der Waals surface area contributed by atoms with Crippen molar-refractivity contribution in [2.45, 2.75) is 6.42 Å². The van der Waals surface area contributed by atoms with E-state index in [1.165, 1.54) is 0 Å². The van der Waals surface area contributed by atoms with Gasteiger partial charge in [-0.1, -0.05) is 29.3 Å². The van der Waals surface area contributed by atoms with Crippen molar-refractivity contribution in [1.82, 2.24) is 15.3 Å². The van der Waals surface area contributed by atoms with Crippen LogP contribution in [0.3, 0.4) is 0 Å². The predicted molar refractivity (Wildman–Crippen MR) is 120 cm³/mol. The van der Waals surface area contributed by atoms with Gasteiger partial charge in [-0.05, 0) is 42.8 Å². The second kappa shape index (κ2) is 9.85. The summed E-state index contributed by atoms with van der Waals surface area (Å²) in [5, 5.41) is 6.64. The van der Waals surface area contributed by atoms with Crippen LogP contribution in [0.1, 0.15) is 16.8 Å². The Morgan fingerprint density at radius 2 is 1.77 bits per heavy atom. The van der Waals surface area contributed by atoms with Gasteiger partial charge in [-0.15, -0.1) is 0 Å². The van der Waals surface area contributed by atoms with Gasteiger partial charge in [-0.3, -0.25) is 4.79 Å². The van der Waals surface area contributed by atoms with Crippen molar-refractivity contribution in [3.05, 3.63) is 64.3 Å². The van der Waals surface area contributed by atoms with Crippen molar-refractivity contribution in [1.29, 1.82) is 0 Å². The number of benzene rings is 2. The Morgan fingerprint density at radius 1 is 1.00 bits per heavy atom. The normalized spacial score (nSPS) is 12.3. The van der Waals surface area contributed by atoms with Crippen LogP contribution in [0, 0.1) is 0 Å². The maximum absolute atomic E-state index is 12.3. The largest absolute Gasteiger partial charge is 0.486 e. The zero-order valence-corrected chi connectivity index (χ0v) is 18.0. The number of halogens is 2. The molecule has 2 N–H and O–H groups in total. The molecule has 0 fully saturated rings. The lowest BCUT2D eigenvalue weighted by Gasteiger charge is -2.18. The van der Waals surface area contributed by atoms with E-state index in [2.05, 4.69) is 20.6 Å². The van der Waals surface area contributed by atoms with Gasteiger partial charge in [-0.2, -0.15) is 0 Å². The first-order chi connectivity index (χ1) is 15.1. The van der Waals surface area contributed by atoms with Crippen LogP contribution in [-0.2, 0) is 0 Å². The molecule has 0 atom stereocenters. The average Bonchev–Trinajstić information content (AvgIpc) is 2.78. The molecule has 31 heavy (non-hydrogen) atoms. The summed E-state index contributed by atoms with van der Waals surface area (Å²) in [6.07, 6.45) is 2.37. The first kappa shape index (κ1) is 21.2. The van der Waals surface area contributed by atoms with Crippen LogP contribution in [0.5, 0.6) is 11.5 Å². The van der Waals surface area contributed by atoms with E-state index in [1.54, 1.807) is 24.4 Å². The van der Waals surface area contributed by atoms with Crippen molar-refractivity contribution in [2.24, 2.45) is 0 Å². The van der Waals surface area contributed by atoms with E-state index in [-0.39, 0.29) is 11.5 Å². The highest BCUT2D eigenvalue weighted by molar-refractivity contribution is 6.39. The van der Waals surface area contributed by atoms with Crippen molar-refractivity contribution in [2.75, 3.05) is 31.6 Å². The number of fused-ring (bicyclic) bond motifs is 1. The number of aromatic nitrogens is 2. The minimum atomic E-state index is -0.299. The van der Waals surface area contributed by atoms with Gasteiger partial charge >= 0.3 is 0 Å². The minimum absolute atomic E-state index is 0.286. The monoisotopic (exact) mass is 458 g/mol. The summed E-state index contributed by atoms with van der Waals surface area (Å²) in [4.78, 5) is 21.1. The molecule has 2 heterocycles. The van der Waals surface area contributed by atoms with Crippen LogP contribution in [0.25, 0.3) is 11.3 Å². The summed E-state index contributed by atoms with van der Waals surface area (Å²) in [5.74, 6) is 1.66. The molecule has 0 saturated heterocycles. The maximum atomic E-state index is 12.3. The van der Waals surface area contributed by atoms with E-state index in [0.29, 0.717) is 54.5 Å². The molecule has 1 aliphatic heterocycles. The Bertz CT molecular complexity index is 1070. The zero-order chi connectivity index (χ0) is 21.6. The van der Waals surface area contributed by atoms with Crippen molar-refractivity contribution in [3.8, 4) is 22.8 Å². The van der Waals surface area contributed by atoms with Crippen LogP contribution in [0.4, 0.5) is 5.95 Å². The van der Waals surface area contributed by atoms with E-state index in [1.807, 2.05) is 24.3 Å². The van der Waals surface area contributed by atoms with E-state index < -0.39 is 0 Å². The predicted octanol–water partition coefficient (Wildman–Crippen LogP) is 4.45. The molecule has 0 unspecified atom stereocenters. The Balaban J connectivity index is 1.29. The molecule has 4 rings (SSSR count). The third-order valence-corrected chi connectivity index (χ3v) is 5.24. The number of carbonyl (C=O) groups excluding carboxylic acids is 1. The van der Waals surface area contributed by atoms with Crippen LogP contribution >= 0.6 is 23.2 Å². The first-order valence-corrected chi connectivity index (χ1v) is 10.6. The number of carbonyl (C=O) groups is 1. The van der Waals surface area contributed by atoms with Crippen LogP contribution < -0.4 is 20.1 Å². The Kier molecular flexibility index (Phi) is 6.74. The number of hydrogen-bond acceptors (Lipinski definition) is 6. The molecule has 1 aromatic heterocycles. The Labute approximate surface area is 189 Å². The molecule has 0 radical (unpaired) electrons. The van der Waals surface area contributed by atoms with Gasteiger partial charge in [0, 0.05) is 24.8 Å². The van der Waals surface area contributed by atoms with E-state index in [0.717, 1.165) is 17.0 Å². The SMILES string of the molecule is O=C(NCCCNc1nccc(-c2ccc3c(c2)OCCO3)n1)c1c(Cl)cccc1Cl. The number of rotatable bonds is 7. The lowest BCUT2D eigenvalue weighted by Crippen LogP contribution is -2.26. The van der Waals surface area contributed by atoms with Gasteiger partial charge in [-0.25, -0.2) is 9.97 Å². The van der Waals surface area contributed by atoms with Gasteiger partial charge < -0.3 is 20.1 Å². The quantitative estimate of drug-likeness (QED) is 0.508. The van der Waals surface area contributed by atoms with E-state index in [9.17, 15) is 4.79 Å².